The number of imidazole rings is 1. The fourth-order valence-corrected chi connectivity index (χ4v) is 4.03. The lowest BCUT2D eigenvalue weighted by molar-refractivity contribution is -0.861. The van der Waals surface area contributed by atoms with Crippen molar-refractivity contribution >= 4 is 33.3 Å². The molecule has 154 valence electrons. The fourth-order valence-electron chi connectivity index (χ4n) is 4.03. The molecule has 1 aliphatic rings. The van der Waals surface area contributed by atoms with E-state index in [0.29, 0.717) is 37.2 Å². The lowest BCUT2D eigenvalue weighted by atomic mass is 10.1. The molecule has 0 aliphatic carbocycles. The third-order valence-electron chi connectivity index (χ3n) is 5.78. The minimum atomic E-state index is -0.505. The van der Waals surface area contributed by atoms with E-state index in [1.54, 1.807) is 13.1 Å². The molecule has 1 aliphatic heterocycles. The molecule has 4 N–H and O–H groups in total. The Morgan fingerprint density at radius 3 is 2.70 bits per heavy atom. The molecule has 2 aromatic heterocycles. The SMILES string of the molecule is C[N+]1([O-])CCN(c2ccc3nc(-c4c(N)c5c(F)cccc5[nH]c4=O)[nH]c3c2)CC1. The number of piperazine rings is 1. The van der Waals surface area contributed by atoms with Crippen LogP contribution in [0.5, 0.6) is 0 Å². The van der Waals surface area contributed by atoms with Gasteiger partial charge < -0.3 is 30.5 Å². The number of benzene rings is 2. The minimum absolute atomic E-state index is 0.0506. The molecule has 0 spiro atoms. The highest BCUT2D eigenvalue weighted by Gasteiger charge is 2.22. The molecule has 9 heteroatoms. The molecule has 1 saturated heterocycles. The van der Waals surface area contributed by atoms with Crippen molar-refractivity contribution in [1.29, 1.82) is 0 Å². The average Bonchev–Trinajstić information content (AvgIpc) is 3.10. The molecule has 0 amide bonds. The maximum atomic E-state index is 14.3. The molecule has 4 aromatic rings. The average molecular weight is 408 g/mol. The lowest BCUT2D eigenvalue weighted by Gasteiger charge is -2.45. The molecule has 0 unspecified atom stereocenters. The van der Waals surface area contributed by atoms with E-state index in [0.717, 1.165) is 11.2 Å². The van der Waals surface area contributed by atoms with Crippen molar-refractivity contribution in [3.8, 4) is 11.4 Å². The Balaban J connectivity index is 1.58. The number of aromatic nitrogens is 3. The minimum Gasteiger partial charge on any atom is -0.633 e. The van der Waals surface area contributed by atoms with Gasteiger partial charge in [0.25, 0.3) is 5.56 Å². The van der Waals surface area contributed by atoms with E-state index in [2.05, 4.69) is 19.9 Å². The van der Waals surface area contributed by atoms with Gasteiger partial charge in [0, 0.05) is 5.69 Å². The fraction of sp³-hybridized carbons (Fsp3) is 0.238. The Hall–Kier alpha value is -3.43. The Kier molecular flexibility index (Phi) is 4.05. The first-order valence-electron chi connectivity index (χ1n) is 9.73. The second kappa shape index (κ2) is 6.54. The van der Waals surface area contributed by atoms with E-state index >= 15 is 0 Å². The number of H-pyrrole nitrogens is 2. The zero-order chi connectivity index (χ0) is 21.0. The van der Waals surface area contributed by atoms with Crippen molar-refractivity contribution in [2.45, 2.75) is 0 Å². The van der Waals surface area contributed by atoms with Gasteiger partial charge in [-0.15, -0.1) is 0 Å². The molecule has 3 heterocycles. The van der Waals surface area contributed by atoms with Crippen LogP contribution >= 0.6 is 0 Å². The summed E-state index contributed by atoms with van der Waals surface area (Å²) in [5.41, 5.74) is 8.64. The van der Waals surface area contributed by atoms with Gasteiger partial charge in [0.1, 0.15) is 17.2 Å². The largest absolute Gasteiger partial charge is 0.633 e. The van der Waals surface area contributed by atoms with Crippen molar-refractivity contribution in [3.63, 3.8) is 0 Å². The van der Waals surface area contributed by atoms with E-state index in [-0.39, 0.29) is 27.1 Å². The summed E-state index contributed by atoms with van der Waals surface area (Å²) >= 11 is 0. The molecule has 0 atom stereocenters. The molecular weight excluding hydrogens is 387 g/mol. The smallest absolute Gasteiger partial charge is 0.261 e. The molecule has 8 nitrogen and oxygen atoms in total. The van der Waals surface area contributed by atoms with Crippen LogP contribution in [0.2, 0.25) is 0 Å². The van der Waals surface area contributed by atoms with E-state index in [1.807, 2.05) is 18.2 Å². The third kappa shape index (κ3) is 2.99. The topological polar surface area (TPSA) is 114 Å². The van der Waals surface area contributed by atoms with Crippen LogP contribution in [-0.2, 0) is 0 Å². The third-order valence-corrected chi connectivity index (χ3v) is 5.78. The van der Waals surface area contributed by atoms with E-state index < -0.39 is 11.4 Å². The predicted octanol–water partition coefficient (Wildman–Crippen LogP) is 2.56. The van der Waals surface area contributed by atoms with E-state index in [4.69, 9.17) is 5.73 Å². The van der Waals surface area contributed by atoms with Crippen molar-refractivity contribution < 1.29 is 9.04 Å². The molecule has 1 fully saturated rings. The van der Waals surface area contributed by atoms with Crippen LogP contribution in [-0.4, -0.2) is 52.8 Å². The number of hydrogen-bond acceptors (Lipinski definition) is 5. The first kappa shape index (κ1) is 18.6. The summed E-state index contributed by atoms with van der Waals surface area (Å²) in [6.45, 7) is 2.40. The Labute approximate surface area is 170 Å². The van der Waals surface area contributed by atoms with Crippen LogP contribution < -0.4 is 16.2 Å². The van der Waals surface area contributed by atoms with Crippen molar-refractivity contribution in [1.82, 2.24) is 15.0 Å². The number of nitrogen functional groups attached to an aromatic ring is 1. The number of pyridine rings is 1. The quantitative estimate of drug-likeness (QED) is 0.348. The Morgan fingerprint density at radius 2 is 1.93 bits per heavy atom. The Bertz CT molecular complexity index is 1330. The number of nitrogens with zero attached hydrogens (tertiary/aromatic N) is 3. The Morgan fingerprint density at radius 1 is 1.17 bits per heavy atom. The van der Waals surface area contributed by atoms with Gasteiger partial charge in [-0.2, -0.15) is 0 Å². The number of likely N-dealkylation sites (N-methyl/N-ethyl adjacent to an activating group) is 1. The summed E-state index contributed by atoms with van der Waals surface area (Å²) in [4.78, 5) is 25.1. The normalized spacial score (nSPS) is 16.4. The monoisotopic (exact) mass is 408 g/mol. The second-order valence-corrected chi connectivity index (χ2v) is 7.92. The summed E-state index contributed by atoms with van der Waals surface area (Å²) in [6, 6.07) is 10.2. The number of fused-ring (bicyclic) bond motifs is 2. The molecule has 0 bridgehead atoms. The number of hydroxylamine groups is 3. The zero-order valence-corrected chi connectivity index (χ0v) is 16.4. The highest BCUT2D eigenvalue weighted by Crippen LogP contribution is 2.31. The molecule has 2 aromatic carbocycles. The van der Waals surface area contributed by atoms with Gasteiger partial charge in [0.2, 0.25) is 0 Å². The number of hydrogen-bond donors (Lipinski definition) is 3. The molecule has 30 heavy (non-hydrogen) atoms. The van der Waals surface area contributed by atoms with Crippen molar-refractivity contribution in [3.05, 3.63) is 57.8 Å². The molecule has 0 radical (unpaired) electrons. The van der Waals surface area contributed by atoms with Gasteiger partial charge in [0.05, 0.1) is 60.9 Å². The van der Waals surface area contributed by atoms with E-state index in [1.165, 1.54) is 12.1 Å². The van der Waals surface area contributed by atoms with Gasteiger partial charge in [0.15, 0.2) is 0 Å². The summed E-state index contributed by atoms with van der Waals surface area (Å²) < 4.78 is 14.1. The number of halogens is 1. The highest BCUT2D eigenvalue weighted by atomic mass is 19.1. The number of nitrogens with one attached hydrogen (secondary N) is 2. The van der Waals surface area contributed by atoms with E-state index in [9.17, 15) is 14.4 Å². The van der Waals surface area contributed by atoms with Crippen LogP contribution in [0.3, 0.4) is 0 Å². The standard InChI is InChI=1S/C21H21FN6O2/c1-28(30)9-7-27(8-10-28)12-5-6-14-16(11-12)25-20(24-14)18-19(23)17-13(22)3-2-4-15(17)26-21(18)29/h2-6,11H,7-10H2,1H3,(H,24,25)(H3,23,26,29). The van der Waals surface area contributed by atoms with Crippen LogP contribution in [0.15, 0.2) is 41.2 Å². The number of quaternary nitrogens is 1. The van der Waals surface area contributed by atoms with Gasteiger partial charge in [-0.05, 0) is 30.3 Å². The van der Waals surface area contributed by atoms with Gasteiger partial charge in [-0.1, -0.05) is 6.07 Å². The second-order valence-electron chi connectivity index (χ2n) is 7.92. The zero-order valence-electron chi connectivity index (χ0n) is 16.4. The molecular formula is C21H21FN6O2. The molecule has 5 rings (SSSR count). The highest BCUT2D eigenvalue weighted by molar-refractivity contribution is 5.98. The van der Waals surface area contributed by atoms with Gasteiger partial charge in [-0.3, -0.25) is 4.79 Å². The summed E-state index contributed by atoms with van der Waals surface area (Å²) in [5.74, 6) is -0.219. The maximum absolute atomic E-state index is 14.3. The first-order chi connectivity index (χ1) is 14.3. The van der Waals surface area contributed by atoms with Gasteiger partial charge >= 0.3 is 0 Å². The summed E-state index contributed by atoms with van der Waals surface area (Å²) in [5, 5.41) is 12.2. The summed E-state index contributed by atoms with van der Waals surface area (Å²) in [7, 11) is 1.69. The van der Waals surface area contributed by atoms with Crippen molar-refractivity contribution in [2.75, 3.05) is 43.9 Å². The molecule has 0 saturated carbocycles. The number of nitrogens with two attached hydrogens (primary N) is 1. The predicted molar refractivity (Wildman–Crippen MR) is 116 cm³/mol. The number of aromatic amines is 2. The first-order valence-corrected chi connectivity index (χ1v) is 9.73. The summed E-state index contributed by atoms with van der Waals surface area (Å²) in [6.07, 6.45) is 0. The van der Waals surface area contributed by atoms with Crippen LogP contribution in [0.25, 0.3) is 33.3 Å². The van der Waals surface area contributed by atoms with Crippen LogP contribution in [0.4, 0.5) is 15.8 Å². The van der Waals surface area contributed by atoms with Crippen molar-refractivity contribution in [2.24, 2.45) is 0 Å². The number of rotatable bonds is 2. The lowest BCUT2D eigenvalue weighted by Crippen LogP contribution is -2.53. The van der Waals surface area contributed by atoms with Crippen LogP contribution in [0, 0.1) is 11.0 Å². The van der Waals surface area contributed by atoms with Gasteiger partial charge in [-0.25, -0.2) is 9.37 Å². The van der Waals surface area contributed by atoms with Crippen LogP contribution in [0.1, 0.15) is 0 Å². The number of anilines is 2. The maximum Gasteiger partial charge on any atom is 0.261 e.